The highest BCUT2D eigenvalue weighted by Gasteiger charge is 2.12. The lowest BCUT2D eigenvalue weighted by atomic mass is 10.2. The number of benzene rings is 1. The predicted octanol–water partition coefficient (Wildman–Crippen LogP) is 1.82. The summed E-state index contributed by atoms with van der Waals surface area (Å²) in [5, 5.41) is 5.93. The standard InChI is InChI=1S/C15H24N2O3/c1-10(2)20-13-7-6-12(8-14(13)19-5)15(18)17-9-11(3)16-4/h6-8,10-11,16H,9H2,1-5H3,(H,17,18). The molecular formula is C15H24N2O3. The summed E-state index contributed by atoms with van der Waals surface area (Å²) in [4.78, 5) is 12.0. The lowest BCUT2D eigenvalue weighted by molar-refractivity contribution is 0.0950. The van der Waals surface area contributed by atoms with Crippen LogP contribution in [0.1, 0.15) is 31.1 Å². The smallest absolute Gasteiger partial charge is 0.251 e. The van der Waals surface area contributed by atoms with Gasteiger partial charge in [0.15, 0.2) is 11.5 Å². The van der Waals surface area contributed by atoms with E-state index < -0.39 is 0 Å². The molecule has 0 aromatic heterocycles. The van der Waals surface area contributed by atoms with Gasteiger partial charge in [-0.05, 0) is 46.0 Å². The van der Waals surface area contributed by atoms with Crippen molar-refractivity contribution in [3.8, 4) is 11.5 Å². The number of rotatable bonds is 7. The molecule has 112 valence electrons. The first-order chi connectivity index (χ1) is 9.47. The molecule has 1 unspecified atom stereocenters. The molecule has 1 amide bonds. The van der Waals surface area contributed by atoms with Crippen molar-refractivity contribution < 1.29 is 14.3 Å². The maximum absolute atomic E-state index is 12.0. The van der Waals surface area contributed by atoms with E-state index in [1.807, 2.05) is 27.8 Å². The van der Waals surface area contributed by atoms with Crippen molar-refractivity contribution in [3.05, 3.63) is 23.8 Å². The van der Waals surface area contributed by atoms with Crippen molar-refractivity contribution in [2.75, 3.05) is 20.7 Å². The van der Waals surface area contributed by atoms with Gasteiger partial charge in [-0.15, -0.1) is 0 Å². The molecular weight excluding hydrogens is 256 g/mol. The maximum atomic E-state index is 12.0. The number of carbonyl (C=O) groups excluding carboxylic acids is 1. The van der Waals surface area contributed by atoms with Gasteiger partial charge < -0.3 is 20.1 Å². The minimum atomic E-state index is -0.124. The number of ether oxygens (including phenoxy) is 2. The third kappa shape index (κ3) is 4.74. The molecule has 1 aromatic carbocycles. The van der Waals surface area contributed by atoms with Crippen molar-refractivity contribution in [1.29, 1.82) is 0 Å². The van der Waals surface area contributed by atoms with Crippen LogP contribution in [0.2, 0.25) is 0 Å². The molecule has 0 aliphatic heterocycles. The summed E-state index contributed by atoms with van der Waals surface area (Å²) in [5.74, 6) is 1.08. The zero-order chi connectivity index (χ0) is 15.1. The zero-order valence-electron chi connectivity index (χ0n) is 12.8. The Kier molecular flexibility index (Phi) is 6.31. The van der Waals surface area contributed by atoms with Crippen LogP contribution in [0.15, 0.2) is 18.2 Å². The molecule has 0 aliphatic carbocycles. The van der Waals surface area contributed by atoms with Crippen LogP contribution in [0, 0.1) is 0 Å². The first kappa shape index (κ1) is 16.3. The molecule has 20 heavy (non-hydrogen) atoms. The van der Waals surface area contributed by atoms with E-state index in [9.17, 15) is 4.79 Å². The highest BCUT2D eigenvalue weighted by Crippen LogP contribution is 2.28. The molecule has 0 aliphatic rings. The molecule has 1 aromatic rings. The Bertz CT molecular complexity index is 447. The second-order valence-corrected chi connectivity index (χ2v) is 4.93. The molecule has 0 bridgehead atoms. The quantitative estimate of drug-likeness (QED) is 0.800. The van der Waals surface area contributed by atoms with Crippen molar-refractivity contribution in [2.24, 2.45) is 0 Å². The Morgan fingerprint density at radius 1 is 1.25 bits per heavy atom. The Balaban J connectivity index is 2.78. The Labute approximate surface area is 120 Å². The topological polar surface area (TPSA) is 59.6 Å². The van der Waals surface area contributed by atoms with Crippen molar-refractivity contribution in [1.82, 2.24) is 10.6 Å². The minimum Gasteiger partial charge on any atom is -0.493 e. The lowest BCUT2D eigenvalue weighted by Crippen LogP contribution is -2.37. The molecule has 0 saturated heterocycles. The lowest BCUT2D eigenvalue weighted by Gasteiger charge is -2.15. The second-order valence-electron chi connectivity index (χ2n) is 4.93. The van der Waals surface area contributed by atoms with E-state index >= 15 is 0 Å². The number of carbonyl (C=O) groups is 1. The third-order valence-corrected chi connectivity index (χ3v) is 2.85. The summed E-state index contributed by atoms with van der Waals surface area (Å²) < 4.78 is 10.9. The Hall–Kier alpha value is -1.75. The van der Waals surface area contributed by atoms with Crippen molar-refractivity contribution >= 4 is 5.91 Å². The van der Waals surface area contributed by atoms with Crippen molar-refractivity contribution in [3.63, 3.8) is 0 Å². The van der Waals surface area contributed by atoms with E-state index in [0.29, 0.717) is 23.6 Å². The predicted molar refractivity (Wildman–Crippen MR) is 79.6 cm³/mol. The SMILES string of the molecule is CNC(C)CNC(=O)c1ccc(OC(C)C)c(OC)c1. The first-order valence-electron chi connectivity index (χ1n) is 6.78. The zero-order valence-corrected chi connectivity index (χ0v) is 12.8. The molecule has 0 heterocycles. The van der Waals surface area contributed by atoms with Crippen LogP contribution in [0.25, 0.3) is 0 Å². The molecule has 5 heteroatoms. The van der Waals surface area contributed by atoms with E-state index in [0.717, 1.165) is 0 Å². The molecule has 0 saturated carbocycles. The average Bonchev–Trinajstić information content (AvgIpc) is 2.44. The molecule has 0 spiro atoms. The Morgan fingerprint density at radius 2 is 1.95 bits per heavy atom. The summed E-state index contributed by atoms with van der Waals surface area (Å²) in [6.07, 6.45) is 0.0556. The summed E-state index contributed by atoms with van der Waals surface area (Å²) in [5.41, 5.74) is 0.557. The van der Waals surface area contributed by atoms with E-state index in [1.165, 1.54) is 0 Å². The van der Waals surface area contributed by atoms with Gasteiger partial charge in [0.05, 0.1) is 13.2 Å². The summed E-state index contributed by atoms with van der Waals surface area (Å²) in [6, 6.07) is 5.41. The van der Waals surface area contributed by atoms with Crippen LogP contribution in [0.5, 0.6) is 11.5 Å². The van der Waals surface area contributed by atoms with E-state index in [4.69, 9.17) is 9.47 Å². The Morgan fingerprint density at radius 3 is 2.50 bits per heavy atom. The maximum Gasteiger partial charge on any atom is 0.251 e. The van der Waals surface area contributed by atoms with Gasteiger partial charge in [0, 0.05) is 18.2 Å². The molecule has 0 fully saturated rings. The van der Waals surface area contributed by atoms with Crippen LogP contribution in [0.3, 0.4) is 0 Å². The van der Waals surface area contributed by atoms with Crippen LogP contribution in [-0.4, -0.2) is 38.8 Å². The fraction of sp³-hybridized carbons (Fsp3) is 0.533. The fourth-order valence-electron chi connectivity index (χ4n) is 1.61. The third-order valence-electron chi connectivity index (χ3n) is 2.85. The van der Waals surface area contributed by atoms with Crippen LogP contribution in [0.4, 0.5) is 0 Å². The fourth-order valence-corrected chi connectivity index (χ4v) is 1.61. The molecule has 0 radical (unpaired) electrons. The molecule has 1 rings (SSSR count). The van der Waals surface area contributed by atoms with Crippen LogP contribution >= 0.6 is 0 Å². The van der Waals surface area contributed by atoms with Gasteiger partial charge >= 0.3 is 0 Å². The van der Waals surface area contributed by atoms with Gasteiger partial charge in [-0.3, -0.25) is 4.79 Å². The summed E-state index contributed by atoms with van der Waals surface area (Å²) in [6.45, 7) is 6.46. The molecule has 5 nitrogen and oxygen atoms in total. The normalized spacial score (nSPS) is 12.1. The number of hydrogen-bond donors (Lipinski definition) is 2. The van der Waals surface area contributed by atoms with Gasteiger partial charge in [-0.25, -0.2) is 0 Å². The highest BCUT2D eigenvalue weighted by molar-refractivity contribution is 5.94. The summed E-state index contributed by atoms with van der Waals surface area (Å²) >= 11 is 0. The van der Waals surface area contributed by atoms with Gasteiger partial charge in [-0.2, -0.15) is 0 Å². The van der Waals surface area contributed by atoms with E-state index in [2.05, 4.69) is 10.6 Å². The number of likely N-dealkylation sites (N-methyl/N-ethyl adjacent to an activating group) is 1. The van der Waals surface area contributed by atoms with Crippen LogP contribution in [-0.2, 0) is 0 Å². The second kappa shape index (κ2) is 7.75. The first-order valence-corrected chi connectivity index (χ1v) is 6.78. The number of hydrogen-bond acceptors (Lipinski definition) is 4. The number of methoxy groups -OCH3 is 1. The monoisotopic (exact) mass is 280 g/mol. The van der Waals surface area contributed by atoms with E-state index in [1.54, 1.807) is 25.3 Å². The van der Waals surface area contributed by atoms with Crippen LogP contribution < -0.4 is 20.1 Å². The van der Waals surface area contributed by atoms with E-state index in [-0.39, 0.29) is 18.1 Å². The molecule has 2 N–H and O–H groups in total. The number of amides is 1. The summed E-state index contributed by atoms with van der Waals surface area (Å²) in [7, 11) is 3.42. The average molecular weight is 280 g/mol. The minimum absolute atomic E-state index is 0.0556. The molecule has 1 atom stereocenters. The van der Waals surface area contributed by atoms with Crippen molar-refractivity contribution in [2.45, 2.75) is 32.9 Å². The van der Waals surface area contributed by atoms with Gasteiger partial charge in [-0.1, -0.05) is 0 Å². The number of nitrogens with one attached hydrogen (secondary N) is 2. The largest absolute Gasteiger partial charge is 0.493 e. The van der Waals surface area contributed by atoms with Gasteiger partial charge in [0.1, 0.15) is 0 Å². The van der Waals surface area contributed by atoms with Gasteiger partial charge in [0.25, 0.3) is 5.91 Å². The highest BCUT2D eigenvalue weighted by atomic mass is 16.5. The van der Waals surface area contributed by atoms with Gasteiger partial charge in [0.2, 0.25) is 0 Å².